The van der Waals surface area contributed by atoms with E-state index < -0.39 is 5.60 Å². The molecule has 0 saturated carbocycles. The number of rotatable bonds is 5. The zero-order valence-electron chi connectivity index (χ0n) is 12.0. The molecule has 0 bridgehead atoms. The van der Waals surface area contributed by atoms with Crippen molar-refractivity contribution in [1.82, 2.24) is 4.90 Å². The Bertz CT molecular complexity index is 385. The van der Waals surface area contributed by atoms with Gasteiger partial charge in [0.05, 0.1) is 0 Å². The summed E-state index contributed by atoms with van der Waals surface area (Å²) in [6.07, 6.45) is 0.701. The van der Waals surface area contributed by atoms with E-state index in [-0.39, 0.29) is 6.54 Å². The molecule has 3 unspecified atom stereocenters. The average molecular weight is 262 g/mol. The summed E-state index contributed by atoms with van der Waals surface area (Å²) in [6.45, 7) is 8.06. The molecule has 0 amide bonds. The molecule has 106 valence electrons. The first kappa shape index (κ1) is 14.5. The third kappa shape index (κ3) is 3.35. The van der Waals surface area contributed by atoms with Gasteiger partial charge in [0.1, 0.15) is 5.60 Å². The van der Waals surface area contributed by atoms with Crippen LogP contribution in [0.4, 0.5) is 0 Å². The lowest BCUT2D eigenvalue weighted by atomic mass is 9.90. The normalized spacial score (nSPS) is 27.4. The molecule has 1 aliphatic rings. The van der Waals surface area contributed by atoms with Crippen LogP contribution in [0.15, 0.2) is 30.3 Å². The summed E-state index contributed by atoms with van der Waals surface area (Å²) in [7, 11) is 0. The second kappa shape index (κ2) is 6.04. The van der Waals surface area contributed by atoms with Crippen molar-refractivity contribution in [3.63, 3.8) is 0 Å². The Morgan fingerprint density at radius 2 is 1.79 bits per heavy atom. The highest BCUT2D eigenvalue weighted by Crippen LogP contribution is 2.27. The highest BCUT2D eigenvalue weighted by atomic mass is 16.3. The molecular formula is C16H26N2O. The summed E-state index contributed by atoms with van der Waals surface area (Å²) in [5, 5.41) is 10.7. The van der Waals surface area contributed by atoms with Crippen molar-refractivity contribution in [2.45, 2.75) is 25.9 Å². The summed E-state index contributed by atoms with van der Waals surface area (Å²) in [4.78, 5) is 2.44. The van der Waals surface area contributed by atoms with Crippen LogP contribution in [-0.4, -0.2) is 36.2 Å². The Hall–Kier alpha value is -0.900. The SMILES string of the molecule is CC1CN(CCC(O)(CN)c2ccccc2)CC1C. The predicted octanol–water partition coefficient (Wildman–Crippen LogP) is 1.81. The van der Waals surface area contributed by atoms with Crippen LogP contribution < -0.4 is 5.73 Å². The van der Waals surface area contributed by atoms with Crippen LogP contribution >= 0.6 is 0 Å². The Morgan fingerprint density at radius 1 is 1.21 bits per heavy atom. The molecule has 0 radical (unpaired) electrons. The monoisotopic (exact) mass is 262 g/mol. The molecule has 3 heteroatoms. The van der Waals surface area contributed by atoms with Gasteiger partial charge in [-0.25, -0.2) is 0 Å². The minimum atomic E-state index is -0.893. The van der Waals surface area contributed by atoms with Crippen molar-refractivity contribution in [3.8, 4) is 0 Å². The summed E-state index contributed by atoms with van der Waals surface area (Å²) in [5.74, 6) is 1.50. The van der Waals surface area contributed by atoms with E-state index in [1.165, 1.54) is 0 Å². The first-order valence-electron chi connectivity index (χ1n) is 7.25. The van der Waals surface area contributed by atoms with Gasteiger partial charge >= 0.3 is 0 Å². The Morgan fingerprint density at radius 3 is 2.32 bits per heavy atom. The van der Waals surface area contributed by atoms with Crippen molar-refractivity contribution in [1.29, 1.82) is 0 Å². The first-order valence-corrected chi connectivity index (χ1v) is 7.25. The van der Waals surface area contributed by atoms with Crippen molar-refractivity contribution >= 4 is 0 Å². The van der Waals surface area contributed by atoms with E-state index in [2.05, 4.69) is 18.7 Å². The molecule has 1 saturated heterocycles. The van der Waals surface area contributed by atoms with E-state index in [1.807, 2.05) is 30.3 Å². The zero-order chi connectivity index (χ0) is 13.9. The number of aliphatic hydroxyl groups is 1. The van der Waals surface area contributed by atoms with E-state index in [0.29, 0.717) is 6.42 Å². The highest BCUT2D eigenvalue weighted by molar-refractivity contribution is 5.22. The minimum Gasteiger partial charge on any atom is -0.384 e. The standard InChI is InChI=1S/C16H26N2O/c1-13-10-18(11-14(13)2)9-8-16(19,12-17)15-6-4-3-5-7-15/h3-7,13-14,19H,8-12,17H2,1-2H3. The van der Waals surface area contributed by atoms with E-state index in [4.69, 9.17) is 5.73 Å². The number of nitrogens with zero attached hydrogens (tertiary/aromatic N) is 1. The van der Waals surface area contributed by atoms with Gasteiger partial charge in [0, 0.05) is 26.2 Å². The lowest BCUT2D eigenvalue weighted by Gasteiger charge is -2.29. The van der Waals surface area contributed by atoms with Crippen molar-refractivity contribution in [3.05, 3.63) is 35.9 Å². The van der Waals surface area contributed by atoms with Gasteiger partial charge in [0.25, 0.3) is 0 Å². The van der Waals surface area contributed by atoms with Crippen LogP contribution in [0.3, 0.4) is 0 Å². The van der Waals surface area contributed by atoms with E-state index in [9.17, 15) is 5.11 Å². The van der Waals surface area contributed by atoms with Gasteiger partial charge in [-0.15, -0.1) is 0 Å². The van der Waals surface area contributed by atoms with Crippen LogP contribution in [0.2, 0.25) is 0 Å². The van der Waals surface area contributed by atoms with E-state index >= 15 is 0 Å². The molecular weight excluding hydrogens is 236 g/mol. The molecule has 0 spiro atoms. The van der Waals surface area contributed by atoms with Crippen LogP contribution in [0, 0.1) is 11.8 Å². The maximum Gasteiger partial charge on any atom is 0.103 e. The highest BCUT2D eigenvalue weighted by Gasteiger charge is 2.31. The molecule has 3 atom stereocenters. The van der Waals surface area contributed by atoms with Crippen molar-refractivity contribution in [2.24, 2.45) is 17.6 Å². The van der Waals surface area contributed by atoms with Crippen molar-refractivity contribution < 1.29 is 5.11 Å². The maximum atomic E-state index is 10.7. The quantitative estimate of drug-likeness (QED) is 0.851. The Balaban J connectivity index is 1.96. The van der Waals surface area contributed by atoms with Crippen LogP contribution in [0.1, 0.15) is 25.8 Å². The fourth-order valence-electron chi connectivity index (χ4n) is 2.89. The van der Waals surface area contributed by atoms with Gasteiger partial charge in [-0.05, 0) is 23.8 Å². The summed E-state index contributed by atoms with van der Waals surface area (Å²) in [6, 6.07) is 9.79. The van der Waals surface area contributed by atoms with Gasteiger partial charge in [-0.3, -0.25) is 0 Å². The van der Waals surface area contributed by atoms with E-state index in [0.717, 1.165) is 37.0 Å². The average Bonchev–Trinajstić information content (AvgIpc) is 2.76. The van der Waals surface area contributed by atoms with Crippen LogP contribution in [-0.2, 0) is 5.60 Å². The maximum absolute atomic E-state index is 10.7. The second-order valence-electron chi connectivity index (χ2n) is 6.07. The van der Waals surface area contributed by atoms with Gasteiger partial charge in [0.15, 0.2) is 0 Å². The zero-order valence-corrected chi connectivity index (χ0v) is 12.0. The Kier molecular flexibility index (Phi) is 4.61. The molecule has 1 fully saturated rings. The molecule has 1 heterocycles. The second-order valence-corrected chi connectivity index (χ2v) is 6.07. The Labute approximate surface area is 116 Å². The minimum absolute atomic E-state index is 0.274. The van der Waals surface area contributed by atoms with Gasteiger partial charge in [-0.1, -0.05) is 44.2 Å². The molecule has 0 aliphatic carbocycles. The molecule has 1 aromatic rings. The van der Waals surface area contributed by atoms with Crippen molar-refractivity contribution in [2.75, 3.05) is 26.2 Å². The largest absolute Gasteiger partial charge is 0.384 e. The van der Waals surface area contributed by atoms with Gasteiger partial charge < -0.3 is 15.7 Å². The fourth-order valence-corrected chi connectivity index (χ4v) is 2.89. The molecule has 0 aromatic heterocycles. The molecule has 1 aromatic carbocycles. The lowest BCUT2D eigenvalue weighted by Crippen LogP contribution is -2.38. The molecule has 3 nitrogen and oxygen atoms in total. The van der Waals surface area contributed by atoms with Crippen LogP contribution in [0.25, 0.3) is 0 Å². The third-order valence-corrected chi connectivity index (χ3v) is 4.55. The number of hydrogen-bond donors (Lipinski definition) is 2. The predicted molar refractivity (Wildman–Crippen MR) is 78.8 cm³/mol. The summed E-state index contributed by atoms with van der Waals surface area (Å²) < 4.78 is 0. The summed E-state index contributed by atoms with van der Waals surface area (Å²) >= 11 is 0. The fraction of sp³-hybridized carbons (Fsp3) is 0.625. The topological polar surface area (TPSA) is 49.5 Å². The van der Waals surface area contributed by atoms with Gasteiger partial charge in [0.2, 0.25) is 0 Å². The molecule has 1 aliphatic heterocycles. The lowest BCUT2D eigenvalue weighted by molar-refractivity contribution is 0.0274. The van der Waals surface area contributed by atoms with Gasteiger partial charge in [-0.2, -0.15) is 0 Å². The molecule has 3 N–H and O–H groups in total. The number of likely N-dealkylation sites (tertiary alicyclic amines) is 1. The third-order valence-electron chi connectivity index (χ3n) is 4.55. The molecule has 2 rings (SSSR count). The smallest absolute Gasteiger partial charge is 0.103 e. The first-order chi connectivity index (χ1) is 9.05. The number of hydrogen-bond acceptors (Lipinski definition) is 3. The molecule has 19 heavy (non-hydrogen) atoms. The van der Waals surface area contributed by atoms with E-state index in [1.54, 1.807) is 0 Å². The summed E-state index contributed by atoms with van der Waals surface area (Å²) in [5.41, 5.74) is 5.85. The number of nitrogens with two attached hydrogens (primary N) is 1. The van der Waals surface area contributed by atoms with Crippen LogP contribution in [0.5, 0.6) is 0 Å². The number of benzene rings is 1.